The Hall–Kier alpha value is 1.61. The SMILES string of the molecule is C=C(O[O-])C(Nc1nc(NCCO)nc(Nc2ccc(NC3NC(NCCO)NC4(N3)NC4(CC(=O)[O-])C(=O)[O-])cc2)n1)C(=O)[O-].[K+].[K+].[K+].[K+]. The van der Waals surface area contributed by atoms with Crippen LogP contribution < -0.4 is 274 Å². The van der Waals surface area contributed by atoms with E-state index in [1.807, 2.05) is 0 Å². The van der Waals surface area contributed by atoms with Gasteiger partial charge in [0.2, 0.25) is 17.8 Å². The molecule has 22 nitrogen and oxygen atoms in total. The van der Waals surface area contributed by atoms with E-state index in [-0.39, 0.29) is 250 Å². The first-order chi connectivity index (χ1) is 21.9. The summed E-state index contributed by atoms with van der Waals surface area (Å²) in [5.41, 5.74) is -1.08. The number of aliphatic carboxylic acids is 3. The number of aliphatic hydroxyl groups is 2. The fraction of sp³-hybridized carbons (Fsp3) is 0.417. The van der Waals surface area contributed by atoms with E-state index in [9.17, 15) is 40.1 Å². The molecule has 3 heterocycles. The molecule has 250 valence electrons. The topological polar surface area (TPSA) is 350 Å². The van der Waals surface area contributed by atoms with Crippen LogP contribution in [-0.4, -0.2) is 99.3 Å². The van der Waals surface area contributed by atoms with E-state index >= 15 is 0 Å². The van der Waals surface area contributed by atoms with Gasteiger partial charge in [-0.15, -0.1) is 0 Å². The van der Waals surface area contributed by atoms with Gasteiger partial charge in [-0.25, -0.2) is 0 Å². The van der Waals surface area contributed by atoms with E-state index in [1.165, 1.54) is 0 Å². The first-order valence-electron chi connectivity index (χ1n) is 13.5. The third-order valence-electron chi connectivity index (χ3n) is 6.67. The summed E-state index contributed by atoms with van der Waals surface area (Å²) in [5, 5.41) is 89.2. The van der Waals surface area contributed by atoms with Crippen molar-refractivity contribution in [1.82, 2.24) is 41.5 Å². The van der Waals surface area contributed by atoms with E-state index in [1.54, 1.807) is 24.3 Å². The summed E-state index contributed by atoms with van der Waals surface area (Å²) in [4.78, 5) is 50.6. The van der Waals surface area contributed by atoms with Gasteiger partial charge in [-0.3, -0.25) is 26.6 Å². The second kappa shape index (κ2) is 24.3. The van der Waals surface area contributed by atoms with E-state index in [0.717, 1.165) is 0 Å². The van der Waals surface area contributed by atoms with Crippen molar-refractivity contribution in [3.63, 3.8) is 0 Å². The zero-order valence-electron chi connectivity index (χ0n) is 27.8. The van der Waals surface area contributed by atoms with Gasteiger partial charge >= 0.3 is 206 Å². The normalized spacial score (nSPS) is 22.1. The number of hydrogen-bond acceptors (Lipinski definition) is 22. The van der Waals surface area contributed by atoms with Gasteiger partial charge in [0, 0.05) is 36.9 Å². The molecule has 5 atom stereocenters. The van der Waals surface area contributed by atoms with Crippen molar-refractivity contribution in [3.05, 3.63) is 36.6 Å². The van der Waals surface area contributed by atoms with Crippen molar-refractivity contribution >= 4 is 47.1 Å². The van der Waals surface area contributed by atoms with E-state index in [0.29, 0.717) is 11.4 Å². The molecule has 0 aliphatic carbocycles. The van der Waals surface area contributed by atoms with Crippen LogP contribution in [-0.2, 0) is 19.3 Å². The third kappa shape index (κ3) is 14.0. The van der Waals surface area contributed by atoms with Gasteiger partial charge in [-0.05, 0) is 24.3 Å². The first kappa shape index (κ1) is 51.6. The van der Waals surface area contributed by atoms with Gasteiger partial charge in [0.25, 0.3) is 0 Å². The van der Waals surface area contributed by atoms with E-state index < -0.39 is 60.0 Å². The van der Waals surface area contributed by atoms with Crippen LogP contribution in [0.2, 0.25) is 0 Å². The quantitative estimate of drug-likeness (QED) is 0.0219. The molecule has 1 spiro atoms. The molecule has 2 saturated heterocycles. The van der Waals surface area contributed by atoms with Crippen LogP contribution in [0.15, 0.2) is 36.6 Å². The Labute approximate surface area is 455 Å². The average Bonchev–Trinajstić information content (AvgIpc) is 3.61. The van der Waals surface area contributed by atoms with Crippen LogP contribution in [0.5, 0.6) is 0 Å². The average molecular weight is 803 g/mol. The summed E-state index contributed by atoms with van der Waals surface area (Å²) in [7, 11) is 0. The molecule has 2 aliphatic rings. The number of aliphatic hydroxyl groups excluding tert-OH is 2. The Morgan fingerprint density at radius 2 is 1.48 bits per heavy atom. The van der Waals surface area contributed by atoms with Crippen molar-refractivity contribution in [2.45, 2.75) is 36.4 Å². The number of carbonyl (C=O) groups is 3. The predicted molar refractivity (Wildman–Crippen MR) is 147 cm³/mol. The Bertz CT molecular complexity index is 1460. The summed E-state index contributed by atoms with van der Waals surface area (Å²) in [6.07, 6.45) is -2.54. The molecule has 2 aromatic rings. The van der Waals surface area contributed by atoms with Gasteiger partial charge in [0.15, 0.2) is 5.79 Å². The van der Waals surface area contributed by atoms with Crippen LogP contribution in [0.3, 0.4) is 0 Å². The Balaban J connectivity index is 0.00000600. The number of rotatable bonds is 18. The fourth-order valence-electron chi connectivity index (χ4n) is 4.54. The summed E-state index contributed by atoms with van der Waals surface area (Å²) in [6, 6.07) is 4.66. The molecule has 11 N–H and O–H groups in total. The molecule has 1 aromatic carbocycles. The number of nitrogens with zero attached hydrogens (tertiary/aromatic N) is 3. The van der Waals surface area contributed by atoms with E-state index in [2.05, 4.69) is 74.3 Å². The molecular formula is C24H30K4N12O10. The van der Waals surface area contributed by atoms with Gasteiger partial charge in [-0.1, -0.05) is 6.58 Å². The maximum absolute atomic E-state index is 11.9. The summed E-state index contributed by atoms with van der Waals surface area (Å²) in [6.45, 7) is 2.88. The van der Waals surface area contributed by atoms with Crippen LogP contribution >= 0.6 is 0 Å². The number of carbonyl (C=O) groups excluding carboxylic acids is 3. The molecule has 1 aromatic heterocycles. The third-order valence-corrected chi connectivity index (χ3v) is 6.67. The zero-order chi connectivity index (χ0) is 33.5. The molecular weight excluding hydrogens is 773 g/mol. The minimum atomic E-state index is -2.03. The Morgan fingerprint density at radius 3 is 2.04 bits per heavy atom. The first-order valence-corrected chi connectivity index (χ1v) is 13.5. The Kier molecular flexibility index (Phi) is 25.1. The largest absolute Gasteiger partial charge is 1.00 e. The van der Waals surface area contributed by atoms with Crippen molar-refractivity contribution < 1.29 is 256 Å². The molecule has 2 aliphatic heterocycles. The molecule has 0 bridgehead atoms. The molecule has 5 unspecified atom stereocenters. The molecule has 0 saturated carbocycles. The molecule has 50 heavy (non-hydrogen) atoms. The standard InChI is InChI=1S/C24H34N12O10.4K/c1-11(46-45)15(16(41)42)29-21-31-18(25-6-8-37)30-20(33-21)27-12-2-4-13(5-3-12)28-22-32-19(26-7-9-38)34-24(35-22)23(36-24,17(43)44)10-14(39)40;;;;/h2-5,15,19,22,26,28,32,34-38,45H,1,6-10H2,(H,39,40)(H,41,42)(H,43,44)(H3,25,27,29,30,31,33);;;;/q;4*+1/p-4. The molecule has 0 amide bonds. The van der Waals surface area contributed by atoms with Crippen LogP contribution in [0.4, 0.5) is 29.2 Å². The van der Waals surface area contributed by atoms with Crippen LogP contribution in [0.1, 0.15) is 6.42 Å². The molecule has 4 rings (SSSR count). The molecule has 2 fully saturated rings. The van der Waals surface area contributed by atoms with Crippen LogP contribution in [0, 0.1) is 0 Å². The second-order valence-corrected chi connectivity index (χ2v) is 9.87. The number of benzene rings is 1. The Morgan fingerprint density at radius 1 is 0.900 bits per heavy atom. The zero-order valence-corrected chi connectivity index (χ0v) is 40.3. The monoisotopic (exact) mass is 802 g/mol. The van der Waals surface area contributed by atoms with Gasteiger partial charge in [0.05, 0.1) is 25.2 Å². The smallest absolute Gasteiger partial charge is 0.664 e. The van der Waals surface area contributed by atoms with Gasteiger partial charge in [0.1, 0.15) is 29.9 Å². The number of aromatic nitrogens is 3. The predicted octanol–water partition coefficient (Wildman–Crippen LogP) is -20.4. The second-order valence-electron chi connectivity index (χ2n) is 9.87. The van der Waals surface area contributed by atoms with Crippen molar-refractivity contribution in [2.24, 2.45) is 0 Å². The van der Waals surface area contributed by atoms with Crippen molar-refractivity contribution in [3.8, 4) is 0 Å². The minimum absolute atomic E-state index is 0. The van der Waals surface area contributed by atoms with Crippen molar-refractivity contribution in [2.75, 3.05) is 47.6 Å². The molecule has 0 radical (unpaired) electrons. The maximum Gasteiger partial charge on any atom is 1.00 e. The maximum atomic E-state index is 11.9. The number of carboxylic acid groups (broad SMARTS) is 3. The summed E-state index contributed by atoms with van der Waals surface area (Å²) >= 11 is 0. The summed E-state index contributed by atoms with van der Waals surface area (Å²) in [5.74, 6) is -7.76. The minimum Gasteiger partial charge on any atom is -0.664 e. The molecule has 26 heteroatoms. The van der Waals surface area contributed by atoms with Gasteiger partial charge < -0.3 is 71.3 Å². The van der Waals surface area contributed by atoms with Crippen molar-refractivity contribution in [1.29, 1.82) is 0 Å². The number of carboxylic acids is 3. The number of hydrogen-bond donors (Lipinski definition) is 11. The number of anilines is 5. The van der Waals surface area contributed by atoms with Crippen LogP contribution in [0.25, 0.3) is 0 Å². The van der Waals surface area contributed by atoms with Gasteiger partial charge in [-0.2, -0.15) is 15.0 Å². The summed E-state index contributed by atoms with van der Waals surface area (Å²) < 4.78 is 0. The number of nitrogens with one attached hydrogen (secondary N) is 9. The van der Waals surface area contributed by atoms with E-state index in [4.69, 9.17) is 5.11 Å². The fourth-order valence-corrected chi connectivity index (χ4v) is 4.54.